The predicted octanol–water partition coefficient (Wildman–Crippen LogP) is 3.74. The smallest absolute Gasteiger partial charge is 0.356 e. The fraction of sp³-hybridized carbons (Fsp3) is 0.562. The molecule has 0 unspecified atom stereocenters. The molecule has 2 N–H and O–H groups in total. The maximum atomic E-state index is 12.1. The summed E-state index contributed by atoms with van der Waals surface area (Å²) in [5.74, 6) is 0.434. The molecule has 1 saturated carbocycles. The number of nitrogens with one attached hydrogen (secondary N) is 2. The third kappa shape index (κ3) is 7.41. The molecule has 0 radical (unpaired) electrons. The highest BCUT2D eigenvalue weighted by molar-refractivity contribution is 14.0. The van der Waals surface area contributed by atoms with Crippen LogP contribution in [0.25, 0.3) is 0 Å². The first kappa shape index (κ1) is 20.1. The Bertz CT molecular complexity index is 499. The zero-order chi connectivity index (χ0) is 16.1. The van der Waals surface area contributed by atoms with E-state index in [1.165, 1.54) is 5.56 Å². The Labute approximate surface area is 152 Å². The minimum atomic E-state index is -4.14. The van der Waals surface area contributed by atoms with Crippen molar-refractivity contribution >= 4 is 29.9 Å². The minimum Gasteiger partial charge on any atom is -0.356 e. The highest BCUT2D eigenvalue weighted by Gasteiger charge is 2.42. The Kier molecular flexibility index (Phi) is 7.63. The average Bonchev–Trinajstić information content (AvgIpc) is 3.22. The van der Waals surface area contributed by atoms with E-state index in [4.69, 9.17) is 0 Å². The first-order valence-corrected chi connectivity index (χ1v) is 7.48. The lowest BCUT2D eigenvalue weighted by molar-refractivity contribution is -0.132. The molecule has 23 heavy (non-hydrogen) atoms. The lowest BCUT2D eigenvalue weighted by Gasteiger charge is -2.19. The molecule has 0 saturated heterocycles. The van der Waals surface area contributed by atoms with Gasteiger partial charge in [-0.3, -0.25) is 4.99 Å². The second-order valence-corrected chi connectivity index (χ2v) is 5.88. The number of hydrogen-bond donors (Lipinski definition) is 2. The molecule has 1 fully saturated rings. The molecule has 0 aliphatic heterocycles. The predicted molar refractivity (Wildman–Crippen MR) is 97.3 cm³/mol. The van der Waals surface area contributed by atoms with Crippen LogP contribution in [0.4, 0.5) is 13.2 Å². The van der Waals surface area contributed by atoms with E-state index in [2.05, 4.69) is 27.8 Å². The van der Waals surface area contributed by atoms with E-state index in [0.29, 0.717) is 5.96 Å². The minimum absolute atomic E-state index is 0. The van der Waals surface area contributed by atoms with E-state index in [1.807, 2.05) is 18.2 Å². The number of guanidine groups is 1. The van der Waals surface area contributed by atoms with Gasteiger partial charge in [-0.2, -0.15) is 13.2 Å². The van der Waals surface area contributed by atoms with Gasteiger partial charge in [-0.15, -0.1) is 24.0 Å². The van der Waals surface area contributed by atoms with Crippen molar-refractivity contribution in [3.63, 3.8) is 0 Å². The first-order valence-electron chi connectivity index (χ1n) is 7.48. The molecule has 1 aromatic rings. The summed E-state index contributed by atoms with van der Waals surface area (Å²) in [6, 6.07) is 10.3. The van der Waals surface area contributed by atoms with Gasteiger partial charge in [0.2, 0.25) is 0 Å². The van der Waals surface area contributed by atoms with Crippen LogP contribution in [0.3, 0.4) is 0 Å². The van der Waals surface area contributed by atoms with Crippen LogP contribution in [0.1, 0.15) is 24.8 Å². The zero-order valence-electron chi connectivity index (χ0n) is 13.1. The van der Waals surface area contributed by atoms with Crippen LogP contribution in [0.15, 0.2) is 35.3 Å². The van der Waals surface area contributed by atoms with Gasteiger partial charge in [0, 0.05) is 20.1 Å². The summed E-state index contributed by atoms with van der Waals surface area (Å²) in [4.78, 5) is 3.97. The lowest BCUT2D eigenvalue weighted by Crippen LogP contribution is -2.41. The molecule has 3 nitrogen and oxygen atoms in total. The fourth-order valence-corrected chi connectivity index (χ4v) is 2.44. The van der Waals surface area contributed by atoms with Crippen LogP contribution in [-0.4, -0.2) is 32.3 Å². The molecule has 0 spiro atoms. The highest BCUT2D eigenvalue weighted by atomic mass is 127. The van der Waals surface area contributed by atoms with Crippen molar-refractivity contribution in [2.45, 2.75) is 31.9 Å². The molecule has 0 bridgehead atoms. The van der Waals surface area contributed by atoms with Gasteiger partial charge in [-0.05, 0) is 30.2 Å². The highest BCUT2D eigenvalue weighted by Crippen LogP contribution is 2.47. The average molecular weight is 441 g/mol. The molecule has 0 heterocycles. The lowest BCUT2D eigenvalue weighted by atomic mass is 9.96. The van der Waals surface area contributed by atoms with E-state index in [-0.39, 0.29) is 35.9 Å². The van der Waals surface area contributed by atoms with Crippen molar-refractivity contribution in [1.82, 2.24) is 10.6 Å². The van der Waals surface area contributed by atoms with Crippen LogP contribution in [-0.2, 0) is 6.42 Å². The van der Waals surface area contributed by atoms with Gasteiger partial charge >= 0.3 is 6.18 Å². The van der Waals surface area contributed by atoms with E-state index in [0.717, 1.165) is 25.8 Å². The van der Waals surface area contributed by atoms with Crippen LogP contribution in [0.5, 0.6) is 0 Å². The maximum absolute atomic E-state index is 12.1. The standard InChI is InChI=1S/C16H22F3N3.HI/c1-20-14(21-10-9-16(17,18)19)22-12-15(7-8-15)11-13-5-3-2-4-6-13;/h2-6H,7-12H2,1H3,(H2,20,21,22);1H. The van der Waals surface area contributed by atoms with E-state index in [9.17, 15) is 13.2 Å². The normalized spacial score (nSPS) is 16.4. The molecule has 7 heteroatoms. The molecule has 0 aromatic heterocycles. The third-order valence-corrected chi connectivity index (χ3v) is 3.93. The maximum Gasteiger partial charge on any atom is 0.390 e. The zero-order valence-corrected chi connectivity index (χ0v) is 15.4. The molecule has 0 atom stereocenters. The molecule has 1 aliphatic rings. The van der Waals surface area contributed by atoms with Crippen molar-refractivity contribution in [2.24, 2.45) is 10.4 Å². The van der Waals surface area contributed by atoms with Gasteiger partial charge in [0.15, 0.2) is 5.96 Å². The van der Waals surface area contributed by atoms with Gasteiger partial charge in [-0.1, -0.05) is 30.3 Å². The summed E-state index contributed by atoms with van der Waals surface area (Å²) in [6.07, 6.45) is -1.75. The molecule has 0 amide bonds. The summed E-state index contributed by atoms with van der Waals surface area (Å²) in [6.45, 7) is 0.572. The fourth-order valence-electron chi connectivity index (χ4n) is 2.44. The number of nitrogens with zero attached hydrogens (tertiary/aromatic N) is 1. The monoisotopic (exact) mass is 441 g/mol. The van der Waals surface area contributed by atoms with Crippen molar-refractivity contribution in [1.29, 1.82) is 0 Å². The molecule has 130 valence electrons. The number of hydrogen-bond acceptors (Lipinski definition) is 1. The molecule has 2 rings (SSSR count). The van der Waals surface area contributed by atoms with E-state index >= 15 is 0 Å². The van der Waals surface area contributed by atoms with Crippen molar-refractivity contribution in [3.8, 4) is 0 Å². The molecule has 1 aliphatic carbocycles. The Morgan fingerprint density at radius 1 is 1.17 bits per heavy atom. The first-order chi connectivity index (χ1) is 10.4. The Hall–Kier alpha value is -0.990. The van der Waals surface area contributed by atoms with E-state index in [1.54, 1.807) is 7.05 Å². The summed E-state index contributed by atoms with van der Waals surface area (Å²) in [5.41, 5.74) is 1.50. The number of halogens is 4. The topological polar surface area (TPSA) is 36.4 Å². The van der Waals surface area contributed by atoms with Crippen molar-refractivity contribution in [3.05, 3.63) is 35.9 Å². The van der Waals surface area contributed by atoms with E-state index < -0.39 is 12.6 Å². The van der Waals surface area contributed by atoms with Gasteiger partial charge in [-0.25, -0.2) is 0 Å². The van der Waals surface area contributed by atoms with Gasteiger partial charge < -0.3 is 10.6 Å². The number of benzene rings is 1. The Morgan fingerprint density at radius 2 is 1.83 bits per heavy atom. The number of rotatable bonds is 6. The van der Waals surface area contributed by atoms with Crippen LogP contribution < -0.4 is 10.6 Å². The quantitative estimate of drug-likeness (QED) is 0.401. The van der Waals surface area contributed by atoms with Crippen molar-refractivity contribution in [2.75, 3.05) is 20.1 Å². The summed E-state index contributed by atoms with van der Waals surface area (Å²) in [7, 11) is 1.57. The number of aliphatic imine (C=N–C) groups is 1. The largest absolute Gasteiger partial charge is 0.390 e. The Morgan fingerprint density at radius 3 is 2.35 bits per heavy atom. The van der Waals surface area contributed by atoms with Gasteiger partial charge in [0.25, 0.3) is 0 Å². The van der Waals surface area contributed by atoms with Crippen LogP contribution in [0.2, 0.25) is 0 Å². The molecular formula is C16H23F3IN3. The summed E-state index contributed by atoms with van der Waals surface area (Å²) >= 11 is 0. The third-order valence-electron chi connectivity index (χ3n) is 3.93. The van der Waals surface area contributed by atoms with Crippen LogP contribution in [0, 0.1) is 5.41 Å². The second-order valence-electron chi connectivity index (χ2n) is 5.88. The molecular weight excluding hydrogens is 418 g/mol. The molecule has 1 aromatic carbocycles. The summed E-state index contributed by atoms with van der Waals surface area (Å²) in [5, 5.41) is 5.86. The Balaban J connectivity index is 0.00000264. The van der Waals surface area contributed by atoms with Gasteiger partial charge in [0.1, 0.15) is 0 Å². The second kappa shape index (κ2) is 8.75. The van der Waals surface area contributed by atoms with Crippen LogP contribution >= 0.6 is 24.0 Å². The van der Waals surface area contributed by atoms with Crippen molar-refractivity contribution < 1.29 is 13.2 Å². The summed E-state index contributed by atoms with van der Waals surface area (Å²) < 4.78 is 36.4. The SMILES string of the molecule is CN=C(NCCC(F)(F)F)NCC1(Cc2ccccc2)CC1.I. The number of alkyl halides is 3. The van der Waals surface area contributed by atoms with Gasteiger partial charge in [0.05, 0.1) is 6.42 Å².